The highest BCUT2D eigenvalue weighted by atomic mass is 79.9. The maximum Gasteiger partial charge on any atom is 0.423 e. The first-order valence-electron chi connectivity index (χ1n) is 8.63. The molecule has 1 N–H and O–H groups in total. The van der Waals surface area contributed by atoms with Crippen LogP contribution in [0.4, 0.5) is 24.5 Å². The second-order valence-electron chi connectivity index (χ2n) is 6.53. The van der Waals surface area contributed by atoms with Crippen molar-refractivity contribution >= 4 is 27.3 Å². The largest absolute Gasteiger partial charge is 0.474 e. The normalized spacial score (nSPS) is 19.9. The number of halogens is 4. The highest BCUT2D eigenvalue weighted by Crippen LogP contribution is 2.38. The van der Waals surface area contributed by atoms with E-state index in [0.29, 0.717) is 18.7 Å². The van der Waals surface area contributed by atoms with Gasteiger partial charge in [-0.1, -0.05) is 15.9 Å². The summed E-state index contributed by atoms with van der Waals surface area (Å²) in [7, 11) is 0. The van der Waals surface area contributed by atoms with E-state index < -0.39 is 22.4 Å². The number of aromatic nitrogens is 1. The summed E-state index contributed by atoms with van der Waals surface area (Å²) >= 11 is 3.36. The maximum atomic E-state index is 13.1. The van der Waals surface area contributed by atoms with Crippen LogP contribution in [0.25, 0.3) is 0 Å². The van der Waals surface area contributed by atoms with E-state index in [1.807, 2.05) is 0 Å². The molecule has 3 rings (SSSR count). The predicted octanol–water partition coefficient (Wildman–Crippen LogP) is 5.57. The number of nitrogens with zero attached hydrogens (tertiary/aromatic N) is 2. The van der Waals surface area contributed by atoms with Gasteiger partial charge in [0.15, 0.2) is 0 Å². The van der Waals surface area contributed by atoms with Gasteiger partial charge >= 0.3 is 6.18 Å². The predicted molar refractivity (Wildman–Crippen MR) is 100 cm³/mol. The summed E-state index contributed by atoms with van der Waals surface area (Å²) in [6.45, 7) is 0. The van der Waals surface area contributed by atoms with Crippen molar-refractivity contribution in [2.24, 2.45) is 0 Å². The van der Waals surface area contributed by atoms with Crippen LogP contribution in [0.5, 0.6) is 5.88 Å². The molecule has 1 saturated carbocycles. The summed E-state index contributed by atoms with van der Waals surface area (Å²) < 4.78 is 46.0. The van der Waals surface area contributed by atoms with Gasteiger partial charge in [-0.05, 0) is 43.9 Å². The Balaban J connectivity index is 1.61. The summed E-state index contributed by atoms with van der Waals surface area (Å²) in [5.74, 6) is 0.524. The first kappa shape index (κ1) is 20.4. The number of nitrogens with one attached hydrogen (secondary N) is 1. The Labute approximate surface area is 167 Å². The van der Waals surface area contributed by atoms with Crippen LogP contribution in [0.3, 0.4) is 0 Å². The molecule has 1 aliphatic rings. The molecule has 1 heterocycles. The van der Waals surface area contributed by atoms with E-state index >= 15 is 0 Å². The van der Waals surface area contributed by atoms with Crippen LogP contribution in [0.1, 0.15) is 31.2 Å². The monoisotopic (exact) mass is 459 g/mol. The molecule has 10 heteroatoms. The lowest BCUT2D eigenvalue weighted by molar-refractivity contribution is -0.388. The van der Waals surface area contributed by atoms with Crippen LogP contribution in [-0.4, -0.2) is 22.1 Å². The van der Waals surface area contributed by atoms with Crippen molar-refractivity contribution in [1.82, 2.24) is 4.98 Å². The summed E-state index contributed by atoms with van der Waals surface area (Å²) in [5, 5.41) is 13.9. The van der Waals surface area contributed by atoms with Crippen LogP contribution in [0.15, 0.2) is 41.0 Å². The Morgan fingerprint density at radius 2 is 1.89 bits per heavy atom. The van der Waals surface area contributed by atoms with Crippen molar-refractivity contribution < 1.29 is 22.8 Å². The molecule has 0 atom stereocenters. The minimum atomic E-state index is -4.79. The molecule has 0 spiro atoms. The molecule has 0 saturated heterocycles. The summed E-state index contributed by atoms with van der Waals surface area (Å²) in [6.07, 6.45) is -0.297. The van der Waals surface area contributed by atoms with E-state index in [1.165, 1.54) is 6.07 Å². The van der Waals surface area contributed by atoms with Crippen LogP contribution in [0, 0.1) is 10.1 Å². The molecule has 0 radical (unpaired) electrons. The quantitative estimate of drug-likeness (QED) is 0.466. The van der Waals surface area contributed by atoms with Crippen LogP contribution < -0.4 is 10.1 Å². The first-order valence-corrected chi connectivity index (χ1v) is 9.42. The number of benzene rings is 1. The molecule has 1 aromatic heterocycles. The number of nitro benzene ring substituents is 1. The van der Waals surface area contributed by atoms with Gasteiger partial charge in [-0.25, -0.2) is 4.98 Å². The Morgan fingerprint density at radius 1 is 1.18 bits per heavy atom. The van der Waals surface area contributed by atoms with Gasteiger partial charge in [0.05, 0.1) is 4.92 Å². The molecule has 28 heavy (non-hydrogen) atoms. The number of pyridine rings is 1. The average molecular weight is 460 g/mol. The molecule has 1 aliphatic carbocycles. The summed E-state index contributed by atoms with van der Waals surface area (Å²) in [4.78, 5) is 14.0. The topological polar surface area (TPSA) is 77.3 Å². The molecule has 0 unspecified atom stereocenters. The van der Waals surface area contributed by atoms with Gasteiger partial charge in [0.2, 0.25) is 5.88 Å². The van der Waals surface area contributed by atoms with Crippen molar-refractivity contribution in [3.63, 3.8) is 0 Å². The number of alkyl halides is 3. The SMILES string of the molecule is O=[N+]([O-])c1ccc(N[C@H]2CC[C@H](Oc3cc(Br)ccn3)CC2)cc1C(F)(F)F. The molecular weight excluding hydrogens is 443 g/mol. The number of nitro groups is 1. The lowest BCUT2D eigenvalue weighted by atomic mass is 9.92. The van der Waals surface area contributed by atoms with E-state index in [1.54, 1.807) is 18.3 Å². The zero-order chi connectivity index (χ0) is 20.3. The number of ether oxygens (including phenoxy) is 1. The number of hydrogen-bond acceptors (Lipinski definition) is 5. The van der Waals surface area contributed by atoms with Crippen LogP contribution >= 0.6 is 15.9 Å². The highest BCUT2D eigenvalue weighted by molar-refractivity contribution is 9.10. The maximum absolute atomic E-state index is 13.1. The van der Waals surface area contributed by atoms with E-state index in [4.69, 9.17) is 4.74 Å². The second-order valence-corrected chi connectivity index (χ2v) is 7.45. The van der Waals surface area contributed by atoms with E-state index in [-0.39, 0.29) is 17.8 Å². The van der Waals surface area contributed by atoms with Gasteiger partial charge in [0.1, 0.15) is 11.7 Å². The molecular formula is C18H17BrF3N3O3. The first-order chi connectivity index (χ1) is 13.2. The van der Waals surface area contributed by atoms with Crippen molar-refractivity contribution in [3.8, 4) is 5.88 Å². The molecule has 1 fully saturated rings. The van der Waals surface area contributed by atoms with Crippen molar-refractivity contribution in [1.29, 1.82) is 0 Å². The lowest BCUT2D eigenvalue weighted by Crippen LogP contribution is -2.31. The van der Waals surface area contributed by atoms with Crippen LogP contribution in [0.2, 0.25) is 0 Å². The zero-order valence-electron chi connectivity index (χ0n) is 14.6. The molecule has 6 nitrogen and oxygen atoms in total. The lowest BCUT2D eigenvalue weighted by Gasteiger charge is -2.30. The van der Waals surface area contributed by atoms with Crippen molar-refractivity contribution in [3.05, 3.63) is 56.7 Å². The van der Waals surface area contributed by atoms with E-state index in [9.17, 15) is 23.3 Å². The number of anilines is 1. The van der Waals surface area contributed by atoms with Crippen molar-refractivity contribution in [2.45, 2.75) is 44.0 Å². The Morgan fingerprint density at radius 3 is 2.50 bits per heavy atom. The zero-order valence-corrected chi connectivity index (χ0v) is 16.2. The minimum absolute atomic E-state index is 0.0116. The highest BCUT2D eigenvalue weighted by Gasteiger charge is 2.38. The van der Waals surface area contributed by atoms with Gasteiger partial charge in [-0.2, -0.15) is 13.2 Å². The third-order valence-electron chi connectivity index (χ3n) is 4.53. The second kappa shape index (κ2) is 8.34. The smallest absolute Gasteiger partial charge is 0.423 e. The Bertz CT molecular complexity index is 855. The molecule has 0 bridgehead atoms. The molecule has 0 aliphatic heterocycles. The number of rotatable bonds is 5. The minimum Gasteiger partial charge on any atom is -0.474 e. The Kier molecular flexibility index (Phi) is 6.07. The summed E-state index contributed by atoms with van der Waals surface area (Å²) in [5.41, 5.74) is -1.98. The van der Waals surface area contributed by atoms with Gasteiger partial charge in [-0.3, -0.25) is 10.1 Å². The third kappa shape index (κ3) is 5.12. The van der Waals surface area contributed by atoms with Crippen molar-refractivity contribution in [2.75, 3.05) is 5.32 Å². The molecule has 150 valence electrons. The van der Waals surface area contributed by atoms with Gasteiger partial charge < -0.3 is 10.1 Å². The van der Waals surface area contributed by atoms with E-state index in [0.717, 1.165) is 29.4 Å². The Hall–Kier alpha value is -2.36. The van der Waals surface area contributed by atoms with Gasteiger partial charge in [-0.15, -0.1) is 0 Å². The molecule has 2 aromatic rings. The third-order valence-corrected chi connectivity index (χ3v) is 5.02. The standard InChI is InChI=1S/C18H17BrF3N3O3/c19-11-7-8-23-17(9-11)28-14-4-1-12(2-5-14)24-13-3-6-16(25(26)27)15(10-13)18(20,21)22/h3,6-10,12,14,24H,1-2,4-5H2/t12-,14-. The van der Waals surface area contributed by atoms with Crippen LogP contribution in [-0.2, 0) is 6.18 Å². The van der Waals surface area contributed by atoms with Gasteiger partial charge in [0, 0.05) is 34.5 Å². The fraction of sp³-hybridized carbons (Fsp3) is 0.389. The summed E-state index contributed by atoms with van der Waals surface area (Å²) in [6, 6.07) is 6.54. The van der Waals surface area contributed by atoms with E-state index in [2.05, 4.69) is 26.2 Å². The number of hydrogen-bond donors (Lipinski definition) is 1. The molecule has 1 aromatic carbocycles. The van der Waals surface area contributed by atoms with Gasteiger partial charge in [0.25, 0.3) is 5.69 Å². The molecule has 0 amide bonds. The fourth-order valence-electron chi connectivity index (χ4n) is 3.19. The average Bonchev–Trinajstić information content (AvgIpc) is 2.62. The fourth-order valence-corrected chi connectivity index (χ4v) is 3.51.